The van der Waals surface area contributed by atoms with Crippen molar-refractivity contribution in [3.8, 4) is 5.75 Å². The number of aromatic nitrogens is 3. The van der Waals surface area contributed by atoms with Crippen molar-refractivity contribution in [3.63, 3.8) is 0 Å². The molecule has 5 nitrogen and oxygen atoms in total. The highest BCUT2D eigenvalue weighted by atomic mass is 16.3. The predicted octanol–water partition coefficient (Wildman–Crippen LogP) is 1.49. The number of hydrogen-bond donors (Lipinski definition) is 1. The molecule has 1 N–H and O–H groups in total. The maximum Gasteiger partial charge on any atom is 0.147 e. The van der Waals surface area contributed by atoms with E-state index in [1.54, 1.807) is 6.07 Å². The molecule has 1 aromatic carbocycles. The zero-order valence-corrected chi connectivity index (χ0v) is 10.7. The van der Waals surface area contributed by atoms with Crippen molar-refractivity contribution >= 4 is 0 Å². The largest absolute Gasteiger partial charge is 0.508 e. The summed E-state index contributed by atoms with van der Waals surface area (Å²) in [6.45, 7) is 2.87. The lowest BCUT2D eigenvalue weighted by Gasteiger charge is -2.32. The summed E-state index contributed by atoms with van der Waals surface area (Å²) in [6.07, 6.45) is 4.00. The van der Waals surface area contributed by atoms with Crippen LogP contribution >= 0.6 is 0 Å². The van der Waals surface area contributed by atoms with E-state index in [9.17, 15) is 5.11 Å². The van der Waals surface area contributed by atoms with Crippen LogP contribution in [0.5, 0.6) is 5.75 Å². The van der Waals surface area contributed by atoms with E-state index in [1.165, 1.54) is 11.1 Å². The Hall–Kier alpha value is -1.88. The number of fused-ring (bicyclic) bond motifs is 2. The minimum Gasteiger partial charge on any atom is -0.508 e. The number of hydrogen-bond acceptors (Lipinski definition) is 4. The molecule has 1 unspecified atom stereocenters. The fourth-order valence-electron chi connectivity index (χ4n) is 3.31. The predicted molar refractivity (Wildman–Crippen MR) is 69.6 cm³/mol. The van der Waals surface area contributed by atoms with Crippen molar-refractivity contribution < 1.29 is 5.11 Å². The highest BCUT2D eigenvalue weighted by Crippen LogP contribution is 2.38. The van der Waals surface area contributed by atoms with E-state index in [0.717, 1.165) is 38.3 Å². The van der Waals surface area contributed by atoms with Crippen LogP contribution < -0.4 is 0 Å². The molecule has 5 heteroatoms. The average Bonchev–Trinajstić information content (AvgIpc) is 3.02. The molecular weight excluding hydrogens is 240 g/mol. The third-order valence-electron chi connectivity index (χ3n) is 4.28. The average molecular weight is 256 g/mol. The van der Waals surface area contributed by atoms with Crippen LogP contribution in [-0.2, 0) is 19.5 Å². The second-order valence-corrected chi connectivity index (χ2v) is 5.35. The van der Waals surface area contributed by atoms with Crippen molar-refractivity contribution in [1.82, 2.24) is 19.7 Å². The van der Waals surface area contributed by atoms with Crippen LogP contribution in [-0.4, -0.2) is 31.3 Å². The monoisotopic (exact) mass is 256 g/mol. The molecule has 0 saturated carbocycles. The first kappa shape index (κ1) is 11.0. The second-order valence-electron chi connectivity index (χ2n) is 5.35. The summed E-state index contributed by atoms with van der Waals surface area (Å²) >= 11 is 0. The summed E-state index contributed by atoms with van der Waals surface area (Å²) in [4.78, 5) is 2.48. The topological polar surface area (TPSA) is 54.2 Å². The van der Waals surface area contributed by atoms with Gasteiger partial charge in [0.1, 0.15) is 17.9 Å². The van der Waals surface area contributed by atoms with Gasteiger partial charge in [0.2, 0.25) is 0 Å². The Morgan fingerprint density at radius 3 is 3.16 bits per heavy atom. The SMILES string of the molecule is Oc1ccc2c(c1)CCC2N1CCn2cnnc2C1. The van der Waals surface area contributed by atoms with Crippen molar-refractivity contribution in [1.29, 1.82) is 0 Å². The van der Waals surface area contributed by atoms with E-state index in [-0.39, 0.29) is 0 Å². The molecule has 0 spiro atoms. The number of phenolic OH excluding ortho intramolecular Hbond substituents is 1. The van der Waals surface area contributed by atoms with Crippen molar-refractivity contribution in [2.75, 3.05) is 6.54 Å². The quantitative estimate of drug-likeness (QED) is 0.840. The number of aromatic hydroxyl groups is 1. The first-order valence-electron chi connectivity index (χ1n) is 6.74. The molecule has 4 rings (SSSR count). The Kier molecular flexibility index (Phi) is 2.35. The Labute approximate surface area is 111 Å². The Balaban J connectivity index is 1.63. The maximum atomic E-state index is 9.56. The molecule has 1 aliphatic heterocycles. The number of phenols is 1. The highest BCUT2D eigenvalue weighted by Gasteiger charge is 2.30. The highest BCUT2D eigenvalue weighted by molar-refractivity contribution is 5.40. The molecule has 98 valence electrons. The van der Waals surface area contributed by atoms with Gasteiger partial charge in [0, 0.05) is 19.1 Å². The fraction of sp³-hybridized carbons (Fsp3) is 0.429. The van der Waals surface area contributed by atoms with Crippen LogP contribution in [0.2, 0.25) is 0 Å². The van der Waals surface area contributed by atoms with Crippen LogP contribution in [0.15, 0.2) is 24.5 Å². The van der Waals surface area contributed by atoms with Crippen molar-refractivity contribution in [2.45, 2.75) is 32.0 Å². The Bertz CT molecular complexity index is 622. The van der Waals surface area contributed by atoms with E-state index >= 15 is 0 Å². The standard InChI is InChI=1S/C14H16N4O/c19-11-2-3-12-10(7-11)1-4-13(12)17-5-6-18-9-15-16-14(18)8-17/h2-3,7,9,13,19H,1,4-6,8H2. The van der Waals surface area contributed by atoms with Gasteiger partial charge in [0.25, 0.3) is 0 Å². The summed E-state index contributed by atoms with van der Waals surface area (Å²) in [5.74, 6) is 1.43. The number of benzene rings is 1. The molecule has 0 bridgehead atoms. The van der Waals surface area contributed by atoms with Gasteiger partial charge in [-0.15, -0.1) is 10.2 Å². The van der Waals surface area contributed by atoms with Crippen LogP contribution in [0.1, 0.15) is 29.4 Å². The fourth-order valence-corrected chi connectivity index (χ4v) is 3.31. The van der Waals surface area contributed by atoms with E-state index in [4.69, 9.17) is 0 Å². The van der Waals surface area contributed by atoms with E-state index in [1.807, 2.05) is 12.4 Å². The van der Waals surface area contributed by atoms with Gasteiger partial charge in [0.05, 0.1) is 6.54 Å². The summed E-state index contributed by atoms with van der Waals surface area (Å²) in [7, 11) is 0. The number of aryl methyl sites for hydroxylation is 1. The van der Waals surface area contributed by atoms with Crippen LogP contribution in [0.25, 0.3) is 0 Å². The summed E-state index contributed by atoms with van der Waals surface area (Å²) in [5, 5.41) is 17.7. The summed E-state index contributed by atoms with van der Waals surface area (Å²) in [6, 6.07) is 6.23. The van der Waals surface area contributed by atoms with Gasteiger partial charge in [0.15, 0.2) is 0 Å². The first-order valence-corrected chi connectivity index (χ1v) is 6.74. The first-order chi connectivity index (χ1) is 9.31. The zero-order valence-electron chi connectivity index (χ0n) is 10.7. The second kappa shape index (κ2) is 4.06. The summed E-state index contributed by atoms with van der Waals surface area (Å²) < 4.78 is 2.13. The lowest BCUT2D eigenvalue weighted by Crippen LogP contribution is -2.35. The van der Waals surface area contributed by atoms with Gasteiger partial charge in [-0.1, -0.05) is 6.07 Å². The third-order valence-corrected chi connectivity index (χ3v) is 4.28. The molecule has 19 heavy (non-hydrogen) atoms. The molecule has 0 radical (unpaired) electrons. The lowest BCUT2D eigenvalue weighted by molar-refractivity contribution is 0.152. The Morgan fingerprint density at radius 1 is 1.26 bits per heavy atom. The van der Waals surface area contributed by atoms with Crippen LogP contribution in [0, 0.1) is 0 Å². The van der Waals surface area contributed by atoms with E-state index < -0.39 is 0 Å². The smallest absolute Gasteiger partial charge is 0.147 e. The molecular formula is C14H16N4O. The number of rotatable bonds is 1. The van der Waals surface area contributed by atoms with Crippen LogP contribution in [0.3, 0.4) is 0 Å². The molecule has 1 aliphatic carbocycles. The number of nitrogens with zero attached hydrogens (tertiary/aromatic N) is 4. The molecule has 1 atom stereocenters. The van der Waals surface area contributed by atoms with Gasteiger partial charge in [-0.3, -0.25) is 4.90 Å². The van der Waals surface area contributed by atoms with E-state index in [2.05, 4.69) is 25.7 Å². The van der Waals surface area contributed by atoms with Gasteiger partial charge < -0.3 is 9.67 Å². The summed E-state index contributed by atoms with van der Waals surface area (Å²) in [5.41, 5.74) is 2.66. The van der Waals surface area contributed by atoms with Crippen molar-refractivity contribution in [3.05, 3.63) is 41.5 Å². The van der Waals surface area contributed by atoms with Crippen molar-refractivity contribution in [2.24, 2.45) is 0 Å². The molecule has 2 heterocycles. The maximum absolute atomic E-state index is 9.56. The molecule has 0 amide bonds. The van der Waals surface area contributed by atoms with E-state index in [0.29, 0.717) is 11.8 Å². The molecule has 0 saturated heterocycles. The molecule has 2 aromatic rings. The minimum atomic E-state index is 0.373. The normalized spacial score (nSPS) is 22.2. The van der Waals surface area contributed by atoms with Gasteiger partial charge >= 0.3 is 0 Å². The van der Waals surface area contributed by atoms with Gasteiger partial charge in [-0.2, -0.15) is 0 Å². The van der Waals surface area contributed by atoms with Gasteiger partial charge in [-0.05, 0) is 36.1 Å². The molecule has 0 fully saturated rings. The minimum absolute atomic E-state index is 0.373. The zero-order chi connectivity index (χ0) is 12.8. The Morgan fingerprint density at radius 2 is 2.21 bits per heavy atom. The lowest BCUT2D eigenvalue weighted by atomic mass is 10.1. The molecule has 1 aromatic heterocycles. The molecule has 2 aliphatic rings. The van der Waals surface area contributed by atoms with Gasteiger partial charge in [-0.25, -0.2) is 0 Å². The third kappa shape index (κ3) is 1.73. The van der Waals surface area contributed by atoms with Crippen LogP contribution in [0.4, 0.5) is 0 Å².